The van der Waals surface area contributed by atoms with Gasteiger partial charge in [-0.1, -0.05) is 18.5 Å². The van der Waals surface area contributed by atoms with E-state index in [0.29, 0.717) is 11.3 Å². The zero-order valence-electron chi connectivity index (χ0n) is 11.3. The normalized spacial score (nSPS) is 22.0. The highest BCUT2D eigenvalue weighted by Crippen LogP contribution is 2.36. The van der Waals surface area contributed by atoms with Crippen LogP contribution in [0, 0.1) is 0 Å². The molecule has 18 heavy (non-hydrogen) atoms. The molecule has 2 rings (SSSR count). The summed E-state index contributed by atoms with van der Waals surface area (Å²) in [4.78, 5) is 4.54. The van der Waals surface area contributed by atoms with Gasteiger partial charge in [-0.3, -0.25) is 0 Å². The molecule has 0 aromatic carbocycles. The summed E-state index contributed by atoms with van der Waals surface area (Å²) in [6, 6.07) is 0.400. The van der Waals surface area contributed by atoms with Gasteiger partial charge in [-0.25, -0.2) is 0 Å². The van der Waals surface area contributed by atoms with Crippen LogP contribution in [0.1, 0.15) is 56.5 Å². The zero-order chi connectivity index (χ0) is 12.8. The van der Waals surface area contributed by atoms with Crippen molar-refractivity contribution in [3.05, 3.63) is 11.7 Å². The first-order valence-electron chi connectivity index (χ1n) is 6.97. The fourth-order valence-electron chi connectivity index (χ4n) is 2.15. The number of rotatable bonds is 6. The molecule has 1 aromatic rings. The van der Waals surface area contributed by atoms with Gasteiger partial charge in [0.15, 0.2) is 5.82 Å². The van der Waals surface area contributed by atoms with Gasteiger partial charge in [-0.05, 0) is 38.5 Å². The Labute approximate surface area is 113 Å². The van der Waals surface area contributed by atoms with Gasteiger partial charge in [-0.15, -0.1) is 0 Å². The lowest BCUT2D eigenvalue weighted by Crippen LogP contribution is -2.28. The molecule has 2 heterocycles. The second-order valence-corrected chi connectivity index (χ2v) is 6.27. The van der Waals surface area contributed by atoms with Crippen LogP contribution in [0.15, 0.2) is 4.52 Å². The fraction of sp³-hybridized carbons (Fsp3) is 0.846. The Kier molecular flexibility index (Phi) is 5.50. The largest absolute Gasteiger partial charge is 0.339 e. The van der Waals surface area contributed by atoms with Crippen LogP contribution < -0.4 is 5.32 Å². The molecular weight excluding hydrogens is 246 g/mol. The standard InChI is InChI=1S/C13H23N3OS/c1-3-7-14-10(2)9-12-15-13(16-17-12)11-6-4-5-8-18-11/h10-11,14H,3-9H2,1-2H3. The number of hydrogen-bond acceptors (Lipinski definition) is 5. The van der Waals surface area contributed by atoms with Gasteiger partial charge in [0.05, 0.1) is 5.25 Å². The lowest BCUT2D eigenvalue weighted by atomic mass is 10.2. The van der Waals surface area contributed by atoms with Crippen molar-refractivity contribution in [2.45, 2.75) is 57.2 Å². The third kappa shape index (κ3) is 3.99. The highest BCUT2D eigenvalue weighted by Gasteiger charge is 2.21. The summed E-state index contributed by atoms with van der Waals surface area (Å²) in [6.07, 6.45) is 5.77. The minimum absolute atomic E-state index is 0.400. The van der Waals surface area contributed by atoms with Crippen molar-refractivity contribution >= 4 is 11.8 Å². The predicted molar refractivity (Wildman–Crippen MR) is 74.8 cm³/mol. The third-order valence-corrected chi connectivity index (χ3v) is 4.55. The Balaban J connectivity index is 1.85. The van der Waals surface area contributed by atoms with Gasteiger partial charge in [0.2, 0.25) is 5.89 Å². The van der Waals surface area contributed by atoms with Crippen molar-refractivity contribution < 1.29 is 4.52 Å². The zero-order valence-corrected chi connectivity index (χ0v) is 12.1. The molecule has 1 aliphatic rings. The maximum Gasteiger partial charge on any atom is 0.228 e. The lowest BCUT2D eigenvalue weighted by Gasteiger charge is -2.17. The van der Waals surface area contributed by atoms with Crippen LogP contribution >= 0.6 is 11.8 Å². The molecule has 2 unspecified atom stereocenters. The topological polar surface area (TPSA) is 51.0 Å². The number of aromatic nitrogens is 2. The van der Waals surface area contributed by atoms with E-state index in [1.54, 1.807) is 0 Å². The first-order chi connectivity index (χ1) is 8.79. The minimum atomic E-state index is 0.400. The number of hydrogen-bond donors (Lipinski definition) is 1. The Morgan fingerprint density at radius 1 is 1.50 bits per heavy atom. The molecule has 1 aliphatic heterocycles. The Hall–Kier alpha value is -0.550. The van der Waals surface area contributed by atoms with Crippen LogP contribution in [0.25, 0.3) is 0 Å². The molecule has 5 heteroatoms. The summed E-state index contributed by atoms with van der Waals surface area (Å²) < 4.78 is 5.35. The van der Waals surface area contributed by atoms with Crippen LogP contribution in [0.3, 0.4) is 0 Å². The highest BCUT2D eigenvalue weighted by atomic mass is 32.2. The van der Waals surface area contributed by atoms with Crippen molar-refractivity contribution in [3.63, 3.8) is 0 Å². The monoisotopic (exact) mass is 269 g/mol. The number of nitrogens with one attached hydrogen (secondary N) is 1. The average Bonchev–Trinajstić information content (AvgIpc) is 2.86. The highest BCUT2D eigenvalue weighted by molar-refractivity contribution is 7.99. The van der Waals surface area contributed by atoms with E-state index >= 15 is 0 Å². The fourth-order valence-corrected chi connectivity index (χ4v) is 3.38. The third-order valence-electron chi connectivity index (χ3n) is 3.18. The van der Waals surface area contributed by atoms with Gasteiger partial charge in [0.1, 0.15) is 0 Å². The molecule has 0 saturated carbocycles. The quantitative estimate of drug-likeness (QED) is 0.860. The summed E-state index contributed by atoms with van der Waals surface area (Å²) in [5.41, 5.74) is 0. The van der Waals surface area contributed by atoms with E-state index in [4.69, 9.17) is 4.52 Å². The maximum absolute atomic E-state index is 5.35. The summed E-state index contributed by atoms with van der Waals surface area (Å²) in [5, 5.41) is 8.03. The van der Waals surface area contributed by atoms with Crippen LogP contribution in [0.5, 0.6) is 0 Å². The molecule has 4 nitrogen and oxygen atoms in total. The lowest BCUT2D eigenvalue weighted by molar-refractivity contribution is 0.356. The summed E-state index contributed by atoms with van der Waals surface area (Å²) >= 11 is 1.96. The number of thioether (sulfide) groups is 1. The molecule has 102 valence electrons. The Morgan fingerprint density at radius 3 is 3.11 bits per heavy atom. The number of nitrogens with zero attached hydrogens (tertiary/aromatic N) is 2. The second-order valence-electron chi connectivity index (χ2n) is 4.96. The second kappa shape index (κ2) is 7.14. The van der Waals surface area contributed by atoms with Gasteiger partial charge in [-0.2, -0.15) is 16.7 Å². The molecule has 1 aromatic heterocycles. The maximum atomic E-state index is 5.35. The van der Waals surface area contributed by atoms with Crippen molar-refractivity contribution in [3.8, 4) is 0 Å². The molecule has 1 fully saturated rings. The summed E-state index contributed by atoms with van der Waals surface area (Å²) in [6.45, 7) is 5.38. The molecule has 0 amide bonds. The van der Waals surface area contributed by atoms with E-state index in [2.05, 4.69) is 29.3 Å². The van der Waals surface area contributed by atoms with Gasteiger partial charge in [0, 0.05) is 12.5 Å². The van der Waals surface area contributed by atoms with Gasteiger partial charge in [0.25, 0.3) is 0 Å². The Bertz CT molecular complexity index is 350. The van der Waals surface area contributed by atoms with Crippen molar-refractivity contribution in [2.24, 2.45) is 0 Å². The molecule has 2 atom stereocenters. The SMILES string of the molecule is CCCNC(C)Cc1nc(C2CCCCS2)no1. The van der Waals surface area contributed by atoms with Crippen LogP contribution in [-0.4, -0.2) is 28.5 Å². The van der Waals surface area contributed by atoms with Gasteiger partial charge >= 0.3 is 0 Å². The van der Waals surface area contributed by atoms with Crippen LogP contribution in [0.4, 0.5) is 0 Å². The van der Waals surface area contributed by atoms with Crippen molar-refractivity contribution in [1.82, 2.24) is 15.5 Å². The smallest absolute Gasteiger partial charge is 0.228 e. The van der Waals surface area contributed by atoms with E-state index in [9.17, 15) is 0 Å². The van der Waals surface area contributed by atoms with Gasteiger partial charge < -0.3 is 9.84 Å². The molecule has 0 radical (unpaired) electrons. The van der Waals surface area contributed by atoms with Crippen molar-refractivity contribution in [1.29, 1.82) is 0 Å². The molecule has 0 aliphatic carbocycles. The van der Waals surface area contributed by atoms with E-state index in [0.717, 1.165) is 31.1 Å². The average molecular weight is 269 g/mol. The molecule has 1 N–H and O–H groups in total. The molecule has 0 spiro atoms. The van der Waals surface area contributed by atoms with Crippen molar-refractivity contribution in [2.75, 3.05) is 12.3 Å². The Morgan fingerprint density at radius 2 is 2.39 bits per heavy atom. The van der Waals surface area contributed by atoms with E-state index in [1.807, 2.05) is 11.8 Å². The van der Waals surface area contributed by atoms with E-state index < -0.39 is 0 Å². The van der Waals surface area contributed by atoms with Crippen LogP contribution in [0.2, 0.25) is 0 Å². The molecular formula is C13H23N3OS. The molecule has 0 bridgehead atoms. The minimum Gasteiger partial charge on any atom is -0.339 e. The first-order valence-corrected chi connectivity index (χ1v) is 8.02. The predicted octanol–water partition coefficient (Wildman–Crippen LogP) is 2.96. The van der Waals surface area contributed by atoms with Crippen LogP contribution in [-0.2, 0) is 6.42 Å². The first kappa shape index (κ1) is 13.9. The summed E-state index contributed by atoms with van der Waals surface area (Å²) in [7, 11) is 0. The van der Waals surface area contributed by atoms with E-state index in [-0.39, 0.29) is 0 Å². The summed E-state index contributed by atoms with van der Waals surface area (Å²) in [5.74, 6) is 2.90. The van der Waals surface area contributed by atoms with E-state index in [1.165, 1.54) is 25.0 Å². The molecule has 1 saturated heterocycles.